The van der Waals surface area contributed by atoms with Crippen molar-refractivity contribution in [2.24, 2.45) is 0 Å². The van der Waals surface area contributed by atoms with Crippen LogP contribution in [0.25, 0.3) is 0 Å². The summed E-state index contributed by atoms with van der Waals surface area (Å²) in [6, 6.07) is 6.17. The van der Waals surface area contributed by atoms with Crippen molar-refractivity contribution in [3.63, 3.8) is 0 Å². The van der Waals surface area contributed by atoms with Gasteiger partial charge >= 0.3 is 0 Å². The molecule has 2 aliphatic rings. The standard InChI is InChI=1S/C18H27N3O2/c1-19-9-11-20(12-10-19)7-6-18(22)21-8-5-15-13-17(23-2)4-3-16(15)14-21/h3-4,13H,5-12,14H2,1-2H3. The highest BCUT2D eigenvalue weighted by molar-refractivity contribution is 5.76. The van der Waals surface area contributed by atoms with Gasteiger partial charge < -0.3 is 19.4 Å². The van der Waals surface area contributed by atoms with Crippen molar-refractivity contribution in [3.05, 3.63) is 29.3 Å². The summed E-state index contributed by atoms with van der Waals surface area (Å²) < 4.78 is 5.28. The minimum atomic E-state index is 0.283. The Morgan fingerprint density at radius 1 is 1.13 bits per heavy atom. The zero-order chi connectivity index (χ0) is 16.2. The minimum Gasteiger partial charge on any atom is -0.497 e. The second kappa shape index (κ2) is 7.32. The lowest BCUT2D eigenvalue weighted by Gasteiger charge is -2.33. The van der Waals surface area contributed by atoms with E-state index in [1.165, 1.54) is 11.1 Å². The molecule has 2 heterocycles. The number of methoxy groups -OCH3 is 1. The summed E-state index contributed by atoms with van der Waals surface area (Å²) in [5.74, 6) is 1.18. The van der Waals surface area contributed by atoms with Gasteiger partial charge in [0.15, 0.2) is 0 Å². The van der Waals surface area contributed by atoms with Crippen molar-refractivity contribution in [3.8, 4) is 5.75 Å². The number of piperazine rings is 1. The molecule has 5 heteroatoms. The Hall–Kier alpha value is -1.59. The summed E-state index contributed by atoms with van der Waals surface area (Å²) in [6.07, 6.45) is 1.56. The number of hydrogen-bond acceptors (Lipinski definition) is 4. The fraction of sp³-hybridized carbons (Fsp3) is 0.611. The molecule has 0 atom stereocenters. The number of carbonyl (C=O) groups is 1. The van der Waals surface area contributed by atoms with Gasteiger partial charge in [-0.05, 0) is 36.7 Å². The lowest BCUT2D eigenvalue weighted by molar-refractivity contribution is -0.132. The summed E-state index contributed by atoms with van der Waals surface area (Å²) in [5.41, 5.74) is 2.57. The number of likely N-dealkylation sites (N-methyl/N-ethyl adjacent to an activating group) is 1. The largest absolute Gasteiger partial charge is 0.497 e. The van der Waals surface area contributed by atoms with E-state index in [0.717, 1.165) is 58.0 Å². The number of fused-ring (bicyclic) bond motifs is 1. The van der Waals surface area contributed by atoms with E-state index in [0.29, 0.717) is 6.42 Å². The molecule has 1 amide bonds. The smallest absolute Gasteiger partial charge is 0.224 e. The van der Waals surface area contributed by atoms with Crippen molar-refractivity contribution in [2.45, 2.75) is 19.4 Å². The third-order valence-electron chi connectivity index (χ3n) is 5.02. The van der Waals surface area contributed by atoms with Gasteiger partial charge in [-0.2, -0.15) is 0 Å². The number of ether oxygens (including phenoxy) is 1. The fourth-order valence-electron chi connectivity index (χ4n) is 3.35. The number of rotatable bonds is 4. The van der Waals surface area contributed by atoms with Crippen LogP contribution in [0.5, 0.6) is 5.75 Å². The molecule has 3 rings (SSSR count). The summed E-state index contributed by atoms with van der Waals surface area (Å²) in [6.45, 7) is 6.81. The molecule has 1 fully saturated rings. The molecule has 0 unspecified atom stereocenters. The molecule has 0 saturated carbocycles. The van der Waals surface area contributed by atoms with Crippen LogP contribution in [0.15, 0.2) is 18.2 Å². The predicted octanol–water partition coefficient (Wildman–Crippen LogP) is 1.22. The normalized spacial score (nSPS) is 19.5. The lowest BCUT2D eigenvalue weighted by atomic mass is 9.99. The monoisotopic (exact) mass is 317 g/mol. The second-order valence-electron chi connectivity index (χ2n) is 6.59. The maximum absolute atomic E-state index is 12.5. The van der Waals surface area contributed by atoms with E-state index in [-0.39, 0.29) is 5.91 Å². The van der Waals surface area contributed by atoms with Gasteiger partial charge in [-0.25, -0.2) is 0 Å². The first-order chi connectivity index (χ1) is 11.2. The van der Waals surface area contributed by atoms with E-state index in [9.17, 15) is 4.79 Å². The van der Waals surface area contributed by atoms with Crippen LogP contribution in [0.3, 0.4) is 0 Å². The molecule has 2 aliphatic heterocycles. The van der Waals surface area contributed by atoms with Crippen molar-refractivity contribution in [1.29, 1.82) is 0 Å². The Morgan fingerprint density at radius 2 is 1.91 bits per heavy atom. The number of hydrogen-bond donors (Lipinski definition) is 0. The average molecular weight is 317 g/mol. The third kappa shape index (κ3) is 4.03. The maximum atomic E-state index is 12.5. The molecule has 0 radical (unpaired) electrons. The van der Waals surface area contributed by atoms with Gasteiger partial charge in [-0.3, -0.25) is 4.79 Å². The summed E-state index contributed by atoms with van der Waals surface area (Å²) >= 11 is 0. The zero-order valence-corrected chi connectivity index (χ0v) is 14.3. The highest BCUT2D eigenvalue weighted by atomic mass is 16.5. The minimum absolute atomic E-state index is 0.283. The molecule has 0 aliphatic carbocycles. The summed E-state index contributed by atoms with van der Waals surface area (Å²) in [7, 11) is 3.85. The summed E-state index contributed by atoms with van der Waals surface area (Å²) in [4.78, 5) is 19.3. The molecule has 23 heavy (non-hydrogen) atoms. The van der Waals surface area contributed by atoms with Crippen LogP contribution in [0.2, 0.25) is 0 Å². The van der Waals surface area contributed by atoms with Crippen LogP contribution in [-0.2, 0) is 17.8 Å². The van der Waals surface area contributed by atoms with Gasteiger partial charge in [-0.15, -0.1) is 0 Å². The van der Waals surface area contributed by atoms with Crippen molar-refractivity contribution in [1.82, 2.24) is 14.7 Å². The molecule has 0 N–H and O–H groups in total. The lowest BCUT2D eigenvalue weighted by Crippen LogP contribution is -2.46. The zero-order valence-electron chi connectivity index (χ0n) is 14.3. The molecule has 126 valence electrons. The highest BCUT2D eigenvalue weighted by Gasteiger charge is 2.22. The molecular formula is C18H27N3O2. The first kappa shape index (κ1) is 16.3. The number of amides is 1. The molecule has 0 aromatic heterocycles. The first-order valence-electron chi connectivity index (χ1n) is 8.50. The van der Waals surface area contributed by atoms with Gasteiger partial charge in [-0.1, -0.05) is 6.07 Å². The summed E-state index contributed by atoms with van der Waals surface area (Å²) in [5, 5.41) is 0. The van der Waals surface area contributed by atoms with Crippen LogP contribution in [-0.4, -0.2) is 74.0 Å². The highest BCUT2D eigenvalue weighted by Crippen LogP contribution is 2.24. The van der Waals surface area contributed by atoms with Gasteiger partial charge in [0.2, 0.25) is 5.91 Å². The Balaban J connectivity index is 1.50. The Bertz CT molecular complexity index is 553. The fourth-order valence-corrected chi connectivity index (χ4v) is 3.35. The number of carbonyl (C=O) groups excluding carboxylic acids is 1. The van der Waals surface area contributed by atoms with Crippen molar-refractivity contribution in [2.75, 3.05) is 53.4 Å². The Morgan fingerprint density at radius 3 is 2.65 bits per heavy atom. The third-order valence-corrected chi connectivity index (χ3v) is 5.02. The topological polar surface area (TPSA) is 36.0 Å². The van der Waals surface area contributed by atoms with E-state index in [1.54, 1.807) is 7.11 Å². The van der Waals surface area contributed by atoms with Crippen LogP contribution >= 0.6 is 0 Å². The van der Waals surface area contributed by atoms with Gasteiger partial charge in [0, 0.05) is 52.2 Å². The van der Waals surface area contributed by atoms with E-state index in [2.05, 4.69) is 29.0 Å². The molecule has 1 saturated heterocycles. The average Bonchev–Trinajstić information content (AvgIpc) is 2.60. The van der Waals surface area contributed by atoms with Crippen molar-refractivity contribution < 1.29 is 9.53 Å². The molecule has 0 bridgehead atoms. The SMILES string of the molecule is COc1ccc2c(c1)CCN(C(=O)CCN1CCN(C)CC1)C2. The molecule has 5 nitrogen and oxygen atoms in total. The maximum Gasteiger partial charge on any atom is 0.224 e. The Kier molecular flexibility index (Phi) is 5.18. The molecule has 1 aromatic carbocycles. The van der Waals surface area contributed by atoms with Crippen LogP contribution in [0, 0.1) is 0 Å². The van der Waals surface area contributed by atoms with Crippen LogP contribution in [0.1, 0.15) is 17.5 Å². The first-order valence-corrected chi connectivity index (χ1v) is 8.50. The Labute approximate surface area is 138 Å². The van der Waals surface area contributed by atoms with Gasteiger partial charge in [0.1, 0.15) is 5.75 Å². The van der Waals surface area contributed by atoms with E-state index in [1.807, 2.05) is 11.0 Å². The van der Waals surface area contributed by atoms with Crippen molar-refractivity contribution >= 4 is 5.91 Å². The number of nitrogens with zero attached hydrogens (tertiary/aromatic N) is 3. The number of benzene rings is 1. The second-order valence-corrected chi connectivity index (χ2v) is 6.59. The quantitative estimate of drug-likeness (QED) is 0.836. The van der Waals surface area contributed by atoms with Crippen LogP contribution < -0.4 is 4.74 Å². The van der Waals surface area contributed by atoms with Crippen LogP contribution in [0.4, 0.5) is 0 Å². The van der Waals surface area contributed by atoms with E-state index < -0.39 is 0 Å². The molecule has 1 aromatic rings. The van der Waals surface area contributed by atoms with Gasteiger partial charge in [0.05, 0.1) is 7.11 Å². The van der Waals surface area contributed by atoms with E-state index >= 15 is 0 Å². The molecular weight excluding hydrogens is 290 g/mol. The molecule has 0 spiro atoms. The predicted molar refractivity (Wildman–Crippen MR) is 90.7 cm³/mol. The van der Waals surface area contributed by atoms with E-state index in [4.69, 9.17) is 4.74 Å². The van der Waals surface area contributed by atoms with Gasteiger partial charge in [0.25, 0.3) is 0 Å².